The number of carbonyl (C=O) groups excluding carboxylic acids is 1. The summed E-state index contributed by atoms with van der Waals surface area (Å²) >= 11 is 6.56. The molecule has 1 N–H and O–H groups in total. The van der Waals surface area contributed by atoms with Gasteiger partial charge in [0.2, 0.25) is 0 Å². The van der Waals surface area contributed by atoms with Crippen LogP contribution in [-0.4, -0.2) is 15.3 Å². The van der Waals surface area contributed by atoms with Crippen LogP contribution in [0.1, 0.15) is 16.1 Å². The number of fused-ring (bicyclic) bond motifs is 1. The SMILES string of the molecule is O=C(NCc1cn2cc(Br)ccc2n1)c1coc(Br)c1. The number of rotatable bonds is 3. The van der Waals surface area contributed by atoms with E-state index in [4.69, 9.17) is 4.42 Å². The predicted octanol–water partition coefficient (Wildman–Crippen LogP) is 3.38. The number of pyridine rings is 1. The van der Waals surface area contributed by atoms with E-state index in [2.05, 4.69) is 42.2 Å². The van der Waals surface area contributed by atoms with Crippen LogP contribution in [-0.2, 0) is 6.54 Å². The van der Waals surface area contributed by atoms with Gasteiger partial charge in [-0.25, -0.2) is 4.98 Å². The number of nitrogens with zero attached hydrogens (tertiary/aromatic N) is 2. The number of halogens is 2. The quantitative estimate of drug-likeness (QED) is 0.735. The summed E-state index contributed by atoms with van der Waals surface area (Å²) in [4.78, 5) is 16.3. The number of imidazole rings is 1. The molecule has 0 saturated heterocycles. The lowest BCUT2D eigenvalue weighted by molar-refractivity contribution is 0.0950. The van der Waals surface area contributed by atoms with Crippen LogP contribution in [0.15, 0.2) is 50.4 Å². The van der Waals surface area contributed by atoms with Gasteiger partial charge in [-0.3, -0.25) is 4.79 Å². The third-order valence-corrected chi connectivity index (χ3v) is 3.61. The number of hydrogen-bond acceptors (Lipinski definition) is 3. The molecule has 0 aromatic carbocycles. The van der Waals surface area contributed by atoms with E-state index in [1.807, 2.05) is 28.9 Å². The van der Waals surface area contributed by atoms with Crippen LogP contribution in [0.3, 0.4) is 0 Å². The molecule has 0 unspecified atom stereocenters. The monoisotopic (exact) mass is 397 g/mol. The molecule has 0 fully saturated rings. The first-order valence-electron chi connectivity index (χ1n) is 5.77. The molecular weight excluding hydrogens is 390 g/mol. The first-order chi connectivity index (χ1) is 9.61. The number of furan rings is 1. The van der Waals surface area contributed by atoms with Gasteiger partial charge < -0.3 is 14.1 Å². The van der Waals surface area contributed by atoms with Crippen LogP contribution >= 0.6 is 31.9 Å². The summed E-state index contributed by atoms with van der Waals surface area (Å²) in [6.07, 6.45) is 5.20. The van der Waals surface area contributed by atoms with E-state index < -0.39 is 0 Å². The van der Waals surface area contributed by atoms with Crippen LogP contribution in [0.4, 0.5) is 0 Å². The Balaban J connectivity index is 1.72. The fraction of sp³-hybridized carbons (Fsp3) is 0.0769. The minimum absolute atomic E-state index is 0.197. The van der Waals surface area contributed by atoms with Crippen molar-refractivity contribution in [1.29, 1.82) is 0 Å². The van der Waals surface area contributed by atoms with E-state index >= 15 is 0 Å². The van der Waals surface area contributed by atoms with Crippen molar-refractivity contribution in [3.63, 3.8) is 0 Å². The Bertz CT molecular complexity index is 779. The highest BCUT2D eigenvalue weighted by molar-refractivity contribution is 9.10. The molecule has 0 aliphatic carbocycles. The van der Waals surface area contributed by atoms with E-state index in [9.17, 15) is 4.79 Å². The molecule has 3 aromatic rings. The summed E-state index contributed by atoms with van der Waals surface area (Å²) in [5.41, 5.74) is 2.10. The summed E-state index contributed by atoms with van der Waals surface area (Å²) in [7, 11) is 0. The van der Waals surface area contributed by atoms with Crippen LogP contribution in [0.2, 0.25) is 0 Å². The number of aromatic nitrogens is 2. The van der Waals surface area contributed by atoms with Crippen molar-refractivity contribution in [2.75, 3.05) is 0 Å². The average molecular weight is 399 g/mol. The van der Waals surface area contributed by atoms with Gasteiger partial charge in [0.15, 0.2) is 4.67 Å². The first kappa shape index (κ1) is 13.4. The molecule has 0 atom stereocenters. The van der Waals surface area contributed by atoms with Gasteiger partial charge in [0.1, 0.15) is 11.9 Å². The summed E-state index contributed by atoms with van der Waals surface area (Å²) in [5.74, 6) is -0.197. The van der Waals surface area contributed by atoms with E-state index in [1.54, 1.807) is 6.07 Å². The Morgan fingerprint density at radius 2 is 2.20 bits per heavy atom. The van der Waals surface area contributed by atoms with Gasteiger partial charge in [-0.15, -0.1) is 0 Å². The average Bonchev–Trinajstić information content (AvgIpc) is 3.01. The molecule has 0 aliphatic rings. The van der Waals surface area contributed by atoms with Gasteiger partial charge in [-0.05, 0) is 44.0 Å². The number of hydrogen-bond donors (Lipinski definition) is 1. The van der Waals surface area contributed by atoms with Crippen molar-refractivity contribution in [1.82, 2.24) is 14.7 Å². The van der Waals surface area contributed by atoms with Crippen LogP contribution in [0, 0.1) is 0 Å². The van der Waals surface area contributed by atoms with Gasteiger partial charge in [0.05, 0.1) is 17.8 Å². The molecule has 102 valence electrons. The molecule has 3 rings (SSSR count). The largest absolute Gasteiger partial charge is 0.457 e. The van der Waals surface area contributed by atoms with Gasteiger partial charge in [0.25, 0.3) is 5.91 Å². The standard InChI is InChI=1S/C13H9Br2N3O2/c14-9-1-2-12-17-10(6-18(12)5-9)4-16-13(19)8-3-11(15)20-7-8/h1-3,5-7H,4H2,(H,16,19). The van der Waals surface area contributed by atoms with Gasteiger partial charge >= 0.3 is 0 Å². The lowest BCUT2D eigenvalue weighted by Crippen LogP contribution is -2.22. The van der Waals surface area contributed by atoms with Crippen LogP contribution in [0.5, 0.6) is 0 Å². The van der Waals surface area contributed by atoms with Crippen molar-refractivity contribution >= 4 is 43.4 Å². The van der Waals surface area contributed by atoms with Gasteiger partial charge in [-0.2, -0.15) is 0 Å². The second-order valence-corrected chi connectivity index (χ2v) is 5.86. The maximum absolute atomic E-state index is 11.9. The number of amides is 1. The summed E-state index contributed by atoms with van der Waals surface area (Å²) in [6.45, 7) is 0.362. The lowest BCUT2D eigenvalue weighted by Gasteiger charge is -1.99. The Kier molecular flexibility index (Phi) is 3.62. The zero-order valence-corrected chi connectivity index (χ0v) is 13.3. The van der Waals surface area contributed by atoms with Crippen LogP contribution < -0.4 is 5.32 Å². The molecule has 0 aliphatic heterocycles. The van der Waals surface area contributed by atoms with Gasteiger partial charge in [0, 0.05) is 22.9 Å². The highest BCUT2D eigenvalue weighted by Crippen LogP contribution is 2.14. The maximum Gasteiger partial charge on any atom is 0.254 e. The molecule has 5 nitrogen and oxygen atoms in total. The fourth-order valence-corrected chi connectivity index (χ4v) is 2.50. The second kappa shape index (κ2) is 5.41. The normalized spacial score (nSPS) is 10.9. The molecular formula is C13H9Br2N3O2. The van der Waals surface area contributed by atoms with Crippen molar-refractivity contribution < 1.29 is 9.21 Å². The summed E-state index contributed by atoms with van der Waals surface area (Å²) in [6, 6.07) is 5.45. The molecule has 7 heteroatoms. The molecule has 0 radical (unpaired) electrons. The predicted molar refractivity (Wildman–Crippen MR) is 80.5 cm³/mol. The summed E-state index contributed by atoms with van der Waals surface area (Å²) in [5, 5.41) is 2.80. The van der Waals surface area contributed by atoms with E-state index in [-0.39, 0.29) is 5.91 Å². The zero-order valence-electron chi connectivity index (χ0n) is 10.1. The topological polar surface area (TPSA) is 59.5 Å². The summed E-state index contributed by atoms with van der Waals surface area (Å²) < 4.78 is 8.43. The van der Waals surface area contributed by atoms with Crippen molar-refractivity contribution in [2.45, 2.75) is 6.54 Å². The zero-order chi connectivity index (χ0) is 14.1. The van der Waals surface area contributed by atoms with Crippen molar-refractivity contribution in [2.24, 2.45) is 0 Å². The Morgan fingerprint density at radius 1 is 1.35 bits per heavy atom. The second-order valence-electron chi connectivity index (χ2n) is 4.17. The van der Waals surface area contributed by atoms with E-state index in [0.29, 0.717) is 16.8 Å². The Labute approximate surface area is 131 Å². The smallest absolute Gasteiger partial charge is 0.254 e. The minimum atomic E-state index is -0.197. The van der Waals surface area contributed by atoms with E-state index in [0.717, 1.165) is 15.8 Å². The third kappa shape index (κ3) is 2.78. The van der Waals surface area contributed by atoms with Crippen molar-refractivity contribution in [3.05, 3.63) is 57.3 Å². The molecule has 3 heterocycles. The molecule has 1 amide bonds. The number of nitrogens with one attached hydrogen (secondary N) is 1. The fourth-order valence-electron chi connectivity index (χ4n) is 1.80. The first-order valence-corrected chi connectivity index (χ1v) is 7.36. The highest BCUT2D eigenvalue weighted by Gasteiger charge is 2.10. The molecule has 0 saturated carbocycles. The molecule has 0 bridgehead atoms. The third-order valence-electron chi connectivity index (χ3n) is 2.72. The molecule has 0 spiro atoms. The maximum atomic E-state index is 11.9. The van der Waals surface area contributed by atoms with E-state index in [1.165, 1.54) is 6.26 Å². The highest BCUT2D eigenvalue weighted by atomic mass is 79.9. The Morgan fingerprint density at radius 3 is 2.95 bits per heavy atom. The molecule has 3 aromatic heterocycles. The van der Waals surface area contributed by atoms with Gasteiger partial charge in [-0.1, -0.05) is 0 Å². The van der Waals surface area contributed by atoms with Crippen molar-refractivity contribution in [3.8, 4) is 0 Å². The lowest BCUT2D eigenvalue weighted by atomic mass is 10.3. The Hall–Kier alpha value is -1.60. The molecule has 20 heavy (non-hydrogen) atoms. The van der Waals surface area contributed by atoms with Crippen LogP contribution in [0.25, 0.3) is 5.65 Å². The number of carbonyl (C=O) groups is 1. The minimum Gasteiger partial charge on any atom is -0.457 e.